The van der Waals surface area contributed by atoms with Crippen LogP contribution in [0.15, 0.2) is 60.7 Å². The number of hydrogen-bond acceptors (Lipinski definition) is 3. The average Bonchev–Trinajstić information content (AvgIpc) is 2.54. The minimum atomic E-state index is -0.476. The molecular weight excluding hydrogens is 276 g/mol. The summed E-state index contributed by atoms with van der Waals surface area (Å²) in [6.07, 6.45) is 0.704. The molecule has 0 fully saturated rings. The normalized spacial score (nSPS) is 10.4. The highest BCUT2D eigenvalue weighted by Crippen LogP contribution is 2.22. The first-order valence-electron chi connectivity index (χ1n) is 6.93. The lowest BCUT2D eigenvalue weighted by Crippen LogP contribution is -2.08. The third-order valence-electron chi connectivity index (χ3n) is 3.44. The summed E-state index contributed by atoms with van der Waals surface area (Å²) in [7, 11) is 0. The second-order valence-corrected chi connectivity index (χ2v) is 5.15. The summed E-state index contributed by atoms with van der Waals surface area (Å²) in [5, 5.41) is 2.11. The van der Waals surface area contributed by atoms with E-state index in [4.69, 9.17) is 4.74 Å². The second kappa shape index (κ2) is 5.82. The van der Waals surface area contributed by atoms with E-state index in [1.54, 1.807) is 24.3 Å². The molecule has 3 aromatic carbocycles. The number of rotatable bonds is 3. The van der Waals surface area contributed by atoms with Gasteiger partial charge in [0.15, 0.2) is 0 Å². The fourth-order valence-electron chi connectivity index (χ4n) is 2.31. The van der Waals surface area contributed by atoms with Crippen molar-refractivity contribution in [3.05, 3.63) is 77.4 Å². The van der Waals surface area contributed by atoms with Gasteiger partial charge in [-0.05, 0) is 42.0 Å². The van der Waals surface area contributed by atoms with E-state index >= 15 is 0 Å². The quantitative estimate of drug-likeness (QED) is 0.413. The molecule has 3 aromatic rings. The molecule has 0 spiro atoms. The van der Waals surface area contributed by atoms with Crippen molar-refractivity contribution in [3.8, 4) is 5.75 Å². The number of ether oxygens (including phenoxy) is 1. The van der Waals surface area contributed by atoms with Gasteiger partial charge in [-0.25, -0.2) is 4.79 Å². The van der Waals surface area contributed by atoms with E-state index in [1.807, 2.05) is 37.3 Å². The van der Waals surface area contributed by atoms with E-state index in [0.29, 0.717) is 23.2 Å². The molecule has 0 aromatic heterocycles. The summed E-state index contributed by atoms with van der Waals surface area (Å²) in [4.78, 5) is 22.9. The van der Waals surface area contributed by atoms with Crippen molar-refractivity contribution in [2.24, 2.45) is 0 Å². The lowest BCUT2D eigenvalue weighted by Gasteiger charge is -2.06. The predicted octanol–water partition coefficient (Wildman–Crippen LogP) is 4.18. The van der Waals surface area contributed by atoms with Crippen LogP contribution in [0.2, 0.25) is 0 Å². The largest absolute Gasteiger partial charge is 0.423 e. The van der Waals surface area contributed by atoms with Crippen LogP contribution in [0.3, 0.4) is 0 Å². The van der Waals surface area contributed by atoms with Crippen LogP contribution in [-0.4, -0.2) is 12.3 Å². The summed E-state index contributed by atoms with van der Waals surface area (Å²) < 4.78 is 5.39. The highest BCUT2D eigenvalue weighted by Gasteiger charge is 2.09. The zero-order valence-corrected chi connectivity index (χ0v) is 12.1. The van der Waals surface area contributed by atoms with Crippen LogP contribution in [0.5, 0.6) is 5.75 Å². The molecule has 0 saturated heterocycles. The molecule has 0 aliphatic heterocycles. The Kier molecular flexibility index (Phi) is 3.71. The molecule has 0 bridgehead atoms. The van der Waals surface area contributed by atoms with Crippen LogP contribution in [0.1, 0.15) is 26.3 Å². The maximum absolute atomic E-state index is 12.1. The van der Waals surface area contributed by atoms with Crippen LogP contribution >= 0.6 is 0 Å². The molecule has 0 heterocycles. The average molecular weight is 290 g/mol. The molecule has 0 saturated carbocycles. The van der Waals surface area contributed by atoms with Gasteiger partial charge in [-0.2, -0.15) is 0 Å². The van der Waals surface area contributed by atoms with Crippen molar-refractivity contribution in [2.75, 3.05) is 0 Å². The topological polar surface area (TPSA) is 43.4 Å². The maximum atomic E-state index is 12.1. The Morgan fingerprint density at radius 2 is 1.77 bits per heavy atom. The molecule has 0 unspecified atom stereocenters. The fraction of sp³-hybridized carbons (Fsp3) is 0.0526. The molecule has 0 atom stereocenters. The predicted molar refractivity (Wildman–Crippen MR) is 85.5 cm³/mol. The minimum absolute atomic E-state index is 0.355. The summed E-state index contributed by atoms with van der Waals surface area (Å²) in [6.45, 7) is 2.02. The molecule has 3 heteroatoms. The Morgan fingerprint density at radius 3 is 2.59 bits per heavy atom. The highest BCUT2D eigenvalue weighted by molar-refractivity contribution is 5.93. The van der Waals surface area contributed by atoms with Crippen LogP contribution < -0.4 is 4.74 Å². The third-order valence-corrected chi connectivity index (χ3v) is 3.44. The standard InChI is InChI=1S/C19H14O3/c1-13-5-6-15-7-8-18(11-17(15)9-13)22-19(21)16-4-2-3-14(10-16)12-20/h2-12H,1H3. The summed E-state index contributed by atoms with van der Waals surface area (Å²) in [6, 6.07) is 18.1. The van der Waals surface area contributed by atoms with Crippen molar-refractivity contribution >= 4 is 23.0 Å². The lowest BCUT2D eigenvalue weighted by atomic mass is 10.1. The van der Waals surface area contributed by atoms with Gasteiger partial charge in [0.2, 0.25) is 0 Å². The van der Waals surface area contributed by atoms with E-state index in [-0.39, 0.29) is 0 Å². The first-order valence-corrected chi connectivity index (χ1v) is 6.93. The van der Waals surface area contributed by atoms with Gasteiger partial charge in [0, 0.05) is 5.56 Å². The number of benzene rings is 3. The number of esters is 1. The van der Waals surface area contributed by atoms with Gasteiger partial charge in [0.05, 0.1) is 5.56 Å². The van der Waals surface area contributed by atoms with Crippen molar-refractivity contribution in [1.29, 1.82) is 0 Å². The number of carbonyl (C=O) groups is 2. The van der Waals surface area contributed by atoms with Gasteiger partial charge in [0.25, 0.3) is 0 Å². The number of aryl methyl sites for hydroxylation is 1. The maximum Gasteiger partial charge on any atom is 0.343 e. The van der Waals surface area contributed by atoms with Gasteiger partial charge < -0.3 is 4.74 Å². The molecule has 0 radical (unpaired) electrons. The van der Waals surface area contributed by atoms with E-state index in [1.165, 1.54) is 6.07 Å². The Hall–Kier alpha value is -2.94. The minimum Gasteiger partial charge on any atom is -0.423 e. The molecule has 0 N–H and O–H groups in total. The Balaban J connectivity index is 1.88. The summed E-state index contributed by atoms with van der Waals surface area (Å²) in [5.74, 6) is 0.00955. The van der Waals surface area contributed by atoms with E-state index in [0.717, 1.165) is 16.3 Å². The Morgan fingerprint density at radius 1 is 0.955 bits per heavy atom. The molecule has 0 aliphatic rings. The van der Waals surface area contributed by atoms with E-state index < -0.39 is 5.97 Å². The molecule has 22 heavy (non-hydrogen) atoms. The first kappa shape index (κ1) is 14.0. The lowest BCUT2D eigenvalue weighted by molar-refractivity contribution is 0.0735. The van der Waals surface area contributed by atoms with Crippen LogP contribution in [0, 0.1) is 6.92 Å². The number of hydrogen-bond donors (Lipinski definition) is 0. The van der Waals surface area contributed by atoms with E-state index in [9.17, 15) is 9.59 Å². The molecule has 108 valence electrons. The SMILES string of the molecule is Cc1ccc2ccc(OC(=O)c3cccc(C=O)c3)cc2c1. The monoisotopic (exact) mass is 290 g/mol. The molecule has 3 rings (SSSR count). The van der Waals surface area contributed by atoms with Crippen LogP contribution in [0.25, 0.3) is 10.8 Å². The molecule has 0 amide bonds. The zero-order valence-electron chi connectivity index (χ0n) is 12.1. The molecule has 3 nitrogen and oxygen atoms in total. The van der Waals surface area contributed by atoms with Crippen molar-refractivity contribution in [3.63, 3.8) is 0 Å². The number of aldehydes is 1. The van der Waals surface area contributed by atoms with Crippen LogP contribution in [-0.2, 0) is 0 Å². The molecule has 0 aliphatic carbocycles. The first-order chi connectivity index (χ1) is 10.7. The fourth-order valence-corrected chi connectivity index (χ4v) is 2.31. The Bertz CT molecular complexity index is 865. The number of fused-ring (bicyclic) bond motifs is 1. The van der Waals surface area contributed by atoms with Gasteiger partial charge in [-0.3, -0.25) is 4.79 Å². The zero-order chi connectivity index (χ0) is 15.5. The van der Waals surface area contributed by atoms with Gasteiger partial charge in [-0.15, -0.1) is 0 Å². The molecular formula is C19H14O3. The number of carbonyl (C=O) groups excluding carboxylic acids is 2. The second-order valence-electron chi connectivity index (χ2n) is 5.15. The summed E-state index contributed by atoms with van der Waals surface area (Å²) >= 11 is 0. The van der Waals surface area contributed by atoms with E-state index in [2.05, 4.69) is 0 Å². The van der Waals surface area contributed by atoms with Crippen LogP contribution in [0.4, 0.5) is 0 Å². The highest BCUT2D eigenvalue weighted by atomic mass is 16.5. The van der Waals surface area contributed by atoms with Crippen molar-refractivity contribution < 1.29 is 14.3 Å². The smallest absolute Gasteiger partial charge is 0.343 e. The van der Waals surface area contributed by atoms with Gasteiger partial charge >= 0.3 is 5.97 Å². The third kappa shape index (κ3) is 2.88. The Labute approximate surface area is 128 Å². The van der Waals surface area contributed by atoms with Crippen molar-refractivity contribution in [1.82, 2.24) is 0 Å². The van der Waals surface area contributed by atoms with Crippen molar-refractivity contribution in [2.45, 2.75) is 6.92 Å². The summed E-state index contributed by atoms with van der Waals surface area (Å²) in [5.41, 5.74) is 1.95. The van der Waals surface area contributed by atoms with Gasteiger partial charge in [-0.1, -0.05) is 42.0 Å². The van der Waals surface area contributed by atoms with Gasteiger partial charge in [0.1, 0.15) is 12.0 Å².